The van der Waals surface area contributed by atoms with Crippen LogP contribution in [-0.2, 0) is 19.1 Å². The van der Waals surface area contributed by atoms with Gasteiger partial charge in [-0.2, -0.15) is 0 Å². The lowest BCUT2D eigenvalue weighted by molar-refractivity contribution is -0.142. The van der Waals surface area contributed by atoms with Gasteiger partial charge in [0.05, 0.1) is 13.5 Å². The minimum atomic E-state index is -1.41. The third kappa shape index (κ3) is 11.4. The number of anilines is 1. The first-order chi connectivity index (χ1) is 20.8. The predicted molar refractivity (Wildman–Crippen MR) is 169 cm³/mol. The minimum Gasteiger partial charge on any atom is -0.507 e. The van der Waals surface area contributed by atoms with Gasteiger partial charge in [-0.25, -0.2) is 4.79 Å². The number of nitrogens with one attached hydrogen (secondary N) is 2. The number of rotatable bonds is 16. The number of amides is 4. The molecule has 242 valence electrons. The van der Waals surface area contributed by atoms with Gasteiger partial charge < -0.3 is 35.8 Å². The fourth-order valence-electron chi connectivity index (χ4n) is 4.72. The number of benzene rings is 2. The summed E-state index contributed by atoms with van der Waals surface area (Å²) in [5.74, 6) is -1.67. The molecule has 0 fully saturated rings. The van der Waals surface area contributed by atoms with E-state index < -0.39 is 47.9 Å². The van der Waals surface area contributed by atoms with Crippen molar-refractivity contribution < 1.29 is 33.8 Å². The molecule has 0 aliphatic rings. The Balaban J connectivity index is 2.57. The lowest BCUT2D eigenvalue weighted by Gasteiger charge is -2.34. The second-order valence-electron chi connectivity index (χ2n) is 11.8. The number of methoxy groups -OCH3 is 1. The van der Waals surface area contributed by atoms with Crippen molar-refractivity contribution in [3.63, 3.8) is 0 Å². The van der Waals surface area contributed by atoms with Crippen molar-refractivity contribution in [1.82, 2.24) is 10.2 Å². The van der Waals surface area contributed by atoms with E-state index in [1.165, 1.54) is 12.0 Å². The fourth-order valence-corrected chi connectivity index (χ4v) is 4.72. The molecule has 2 rings (SSSR count). The molecule has 0 bridgehead atoms. The second kappa shape index (κ2) is 17.1. The van der Waals surface area contributed by atoms with E-state index in [2.05, 4.69) is 17.6 Å². The molecule has 2 aromatic carbocycles. The van der Waals surface area contributed by atoms with Crippen LogP contribution in [-0.4, -0.2) is 59.1 Å². The Bertz CT molecular complexity index is 1260. The maximum Gasteiger partial charge on any atom is 0.408 e. The summed E-state index contributed by atoms with van der Waals surface area (Å²) in [6.45, 7) is 8.94. The maximum absolute atomic E-state index is 14.3. The number of alkyl carbamates (subject to hydrolysis) is 1. The van der Waals surface area contributed by atoms with Crippen molar-refractivity contribution >= 4 is 29.5 Å². The quantitative estimate of drug-likeness (QED) is 0.186. The van der Waals surface area contributed by atoms with Crippen molar-refractivity contribution in [2.75, 3.05) is 19.0 Å². The molecule has 4 amide bonds. The molecule has 44 heavy (non-hydrogen) atoms. The molecule has 0 heterocycles. The number of hydrogen-bond acceptors (Lipinski definition) is 7. The summed E-state index contributed by atoms with van der Waals surface area (Å²) in [6, 6.07) is 8.91. The second-order valence-corrected chi connectivity index (χ2v) is 11.8. The molecule has 0 aliphatic carbocycles. The molecule has 2 unspecified atom stereocenters. The minimum absolute atomic E-state index is 0.115. The summed E-state index contributed by atoms with van der Waals surface area (Å²) in [5, 5.41) is 16.4. The first kappa shape index (κ1) is 35.9. The lowest BCUT2D eigenvalue weighted by Crippen LogP contribution is -2.53. The van der Waals surface area contributed by atoms with Crippen LogP contribution in [0.1, 0.15) is 89.8 Å². The number of para-hydroxylation sites is 1. The molecule has 11 heteroatoms. The van der Waals surface area contributed by atoms with E-state index in [1.807, 2.05) is 0 Å². The third-order valence-electron chi connectivity index (χ3n) is 6.91. The number of aryl methyl sites for hydroxylation is 1. The summed E-state index contributed by atoms with van der Waals surface area (Å²) >= 11 is 0. The van der Waals surface area contributed by atoms with Crippen LogP contribution in [0.2, 0.25) is 0 Å². The molecule has 0 saturated heterocycles. The number of phenolic OH excluding ortho intramolecular Hbond substituents is 1. The van der Waals surface area contributed by atoms with Crippen LogP contribution in [0.25, 0.3) is 0 Å². The third-order valence-corrected chi connectivity index (χ3v) is 6.91. The number of carbonyl (C=O) groups is 4. The summed E-state index contributed by atoms with van der Waals surface area (Å²) in [4.78, 5) is 54.4. The van der Waals surface area contributed by atoms with Gasteiger partial charge in [0.2, 0.25) is 11.8 Å². The molecule has 0 radical (unpaired) electrons. The van der Waals surface area contributed by atoms with Crippen LogP contribution >= 0.6 is 0 Å². The predicted octanol–water partition coefficient (Wildman–Crippen LogP) is 5.35. The fraction of sp³-hybridized carbons (Fsp3) is 0.515. The smallest absolute Gasteiger partial charge is 0.408 e. The van der Waals surface area contributed by atoms with E-state index in [9.17, 15) is 24.3 Å². The van der Waals surface area contributed by atoms with E-state index in [4.69, 9.17) is 15.2 Å². The number of hydrogen-bond donors (Lipinski definition) is 4. The number of aromatic hydroxyl groups is 1. The number of ether oxygens (including phenoxy) is 2. The SMILES string of the molecule is CCCCCCCCN(C(=O)C(CC(N)=O)NC(=O)OC(C)(C)C)C(C(=O)Nc1ccc(OC)cc1)c1cccc(C)c1O. The van der Waals surface area contributed by atoms with Gasteiger partial charge in [0.15, 0.2) is 0 Å². The van der Waals surface area contributed by atoms with E-state index in [-0.39, 0.29) is 17.9 Å². The van der Waals surface area contributed by atoms with Gasteiger partial charge in [0.25, 0.3) is 5.91 Å². The van der Waals surface area contributed by atoms with Crippen molar-refractivity contribution in [3.05, 3.63) is 53.6 Å². The highest BCUT2D eigenvalue weighted by Crippen LogP contribution is 2.33. The van der Waals surface area contributed by atoms with Gasteiger partial charge in [0, 0.05) is 17.8 Å². The Kier molecular flexibility index (Phi) is 14.0. The summed E-state index contributed by atoms with van der Waals surface area (Å²) in [5.41, 5.74) is 5.78. The first-order valence-corrected chi connectivity index (χ1v) is 15.1. The summed E-state index contributed by atoms with van der Waals surface area (Å²) < 4.78 is 10.5. The topological polar surface area (TPSA) is 160 Å². The molecule has 0 aliphatic heterocycles. The molecule has 2 atom stereocenters. The van der Waals surface area contributed by atoms with Crippen molar-refractivity contribution in [1.29, 1.82) is 0 Å². The Morgan fingerprint density at radius 3 is 2.20 bits per heavy atom. The Labute approximate surface area is 260 Å². The Morgan fingerprint density at radius 1 is 0.977 bits per heavy atom. The largest absolute Gasteiger partial charge is 0.507 e. The van der Waals surface area contributed by atoms with Crippen LogP contribution in [0.15, 0.2) is 42.5 Å². The number of nitrogens with two attached hydrogens (primary N) is 1. The molecular weight excluding hydrogens is 564 g/mol. The number of primary amides is 1. The van der Waals surface area contributed by atoms with Gasteiger partial charge in [0.1, 0.15) is 29.2 Å². The zero-order valence-electron chi connectivity index (χ0n) is 26.8. The zero-order valence-corrected chi connectivity index (χ0v) is 26.8. The monoisotopic (exact) mass is 612 g/mol. The standard InChI is InChI=1S/C33H48N4O7/c1-7-8-9-10-11-12-20-37(31(41)26(21-27(34)38)36-32(42)44-33(3,4)5)28(25-15-13-14-22(2)29(25)39)30(40)35-23-16-18-24(43-6)19-17-23/h13-19,26,28,39H,7-12,20-21H2,1-6H3,(H2,34,38)(H,35,40)(H,36,42). The molecule has 0 spiro atoms. The van der Waals surface area contributed by atoms with E-state index >= 15 is 0 Å². The maximum atomic E-state index is 14.3. The lowest BCUT2D eigenvalue weighted by atomic mass is 9.98. The molecule has 0 saturated carbocycles. The molecule has 0 aromatic heterocycles. The average Bonchev–Trinajstić information content (AvgIpc) is 2.94. The van der Waals surface area contributed by atoms with Crippen LogP contribution in [0.5, 0.6) is 11.5 Å². The van der Waals surface area contributed by atoms with Crippen LogP contribution < -0.4 is 21.1 Å². The summed E-state index contributed by atoms with van der Waals surface area (Å²) in [6.07, 6.45) is 4.06. The number of nitrogens with zero attached hydrogens (tertiary/aromatic N) is 1. The Hall–Kier alpha value is -4.28. The highest BCUT2D eigenvalue weighted by Gasteiger charge is 2.38. The highest BCUT2D eigenvalue weighted by molar-refractivity contribution is 6.00. The molecule has 5 N–H and O–H groups in total. The van der Waals surface area contributed by atoms with Crippen LogP contribution in [0.3, 0.4) is 0 Å². The first-order valence-electron chi connectivity index (χ1n) is 15.1. The number of carbonyl (C=O) groups excluding carboxylic acids is 4. The number of phenols is 1. The Morgan fingerprint density at radius 2 is 1.61 bits per heavy atom. The van der Waals surface area contributed by atoms with Crippen LogP contribution in [0, 0.1) is 6.92 Å². The number of unbranched alkanes of at least 4 members (excludes halogenated alkanes) is 5. The normalized spacial score (nSPS) is 12.5. The average molecular weight is 613 g/mol. The van der Waals surface area contributed by atoms with Crippen molar-refractivity contribution in [2.45, 2.75) is 97.2 Å². The van der Waals surface area contributed by atoms with Crippen molar-refractivity contribution in [2.24, 2.45) is 5.73 Å². The molecular formula is C33H48N4O7. The van der Waals surface area contributed by atoms with Gasteiger partial charge in [-0.3, -0.25) is 14.4 Å². The van der Waals surface area contributed by atoms with Gasteiger partial charge >= 0.3 is 6.09 Å². The van der Waals surface area contributed by atoms with Gasteiger partial charge in [-0.15, -0.1) is 0 Å². The van der Waals surface area contributed by atoms with Gasteiger partial charge in [-0.05, 0) is 63.9 Å². The zero-order chi connectivity index (χ0) is 32.9. The van der Waals surface area contributed by atoms with Gasteiger partial charge in [-0.1, -0.05) is 57.2 Å². The molecule has 2 aromatic rings. The van der Waals surface area contributed by atoms with Crippen molar-refractivity contribution in [3.8, 4) is 11.5 Å². The van der Waals surface area contributed by atoms with E-state index in [0.717, 1.165) is 32.1 Å². The van der Waals surface area contributed by atoms with Crippen LogP contribution in [0.4, 0.5) is 10.5 Å². The molecule has 11 nitrogen and oxygen atoms in total. The highest BCUT2D eigenvalue weighted by atomic mass is 16.6. The van der Waals surface area contributed by atoms with E-state index in [1.54, 1.807) is 70.2 Å². The summed E-state index contributed by atoms with van der Waals surface area (Å²) in [7, 11) is 1.53. The van der Waals surface area contributed by atoms with E-state index in [0.29, 0.717) is 23.4 Å².